The quantitative estimate of drug-likeness (QED) is 0.183. The highest BCUT2D eigenvalue weighted by Crippen LogP contribution is 2.31. The monoisotopic (exact) mass is 476 g/mol. The summed E-state index contributed by atoms with van der Waals surface area (Å²) in [7, 11) is 0. The topological polar surface area (TPSA) is 85.6 Å². The number of amidine groups is 1. The van der Waals surface area contributed by atoms with Crippen LogP contribution in [0.4, 0.5) is 11.4 Å². The molecule has 0 aromatic heterocycles. The first-order valence-corrected chi connectivity index (χ1v) is 9.62. The molecule has 1 saturated heterocycles. The predicted molar refractivity (Wildman–Crippen MR) is 110 cm³/mol. The lowest BCUT2D eigenvalue weighted by Gasteiger charge is -2.15. The third-order valence-corrected chi connectivity index (χ3v) is 5.38. The van der Waals surface area contributed by atoms with E-state index in [0.717, 1.165) is 15.3 Å². The fraction of sp³-hybridized carbons (Fsp3) is 0.111. The number of thioether (sulfide) groups is 1. The number of carbonyl (C=O) groups is 2. The number of rotatable bonds is 3. The maximum absolute atomic E-state index is 12.7. The molecule has 3 rings (SSSR count). The Hall–Kier alpha value is -2.38. The summed E-state index contributed by atoms with van der Waals surface area (Å²) in [6, 6.07) is 16.3. The lowest BCUT2D eigenvalue weighted by molar-refractivity contribution is -0.121. The van der Waals surface area contributed by atoms with Crippen molar-refractivity contribution in [2.24, 2.45) is 4.99 Å². The average Bonchev–Trinajstić information content (AvgIpc) is 2.91. The van der Waals surface area contributed by atoms with Crippen molar-refractivity contribution in [3.63, 3.8) is 0 Å². The van der Waals surface area contributed by atoms with E-state index in [9.17, 15) is 9.59 Å². The minimum atomic E-state index is -0.620. The Labute approximate surface area is 168 Å². The summed E-state index contributed by atoms with van der Waals surface area (Å²) in [4.78, 5) is 30.6. The SMILES string of the molecule is N#CNC(=Nc1ccccc1)SC1CC(=O)N(c2ccc(I)cc2)C1=O. The molecule has 2 aromatic carbocycles. The van der Waals surface area contributed by atoms with Gasteiger partial charge in [-0.15, -0.1) is 0 Å². The number of nitrogens with one attached hydrogen (secondary N) is 1. The van der Waals surface area contributed by atoms with Crippen LogP contribution in [0.15, 0.2) is 59.6 Å². The van der Waals surface area contributed by atoms with Crippen molar-refractivity contribution in [3.05, 3.63) is 58.2 Å². The molecule has 130 valence electrons. The van der Waals surface area contributed by atoms with Gasteiger partial charge in [-0.2, -0.15) is 5.26 Å². The number of amides is 2. The molecule has 1 atom stereocenters. The molecule has 0 aliphatic carbocycles. The minimum absolute atomic E-state index is 0.0659. The third kappa shape index (κ3) is 4.23. The van der Waals surface area contributed by atoms with Crippen molar-refractivity contribution in [1.82, 2.24) is 5.32 Å². The van der Waals surface area contributed by atoms with Crippen LogP contribution in [-0.2, 0) is 9.59 Å². The number of halogens is 1. The zero-order valence-corrected chi connectivity index (χ0v) is 16.4. The van der Waals surface area contributed by atoms with Gasteiger partial charge in [-0.3, -0.25) is 14.9 Å². The van der Waals surface area contributed by atoms with Crippen molar-refractivity contribution in [2.75, 3.05) is 4.90 Å². The molecule has 26 heavy (non-hydrogen) atoms. The Bertz CT molecular complexity index is 894. The van der Waals surface area contributed by atoms with Crippen LogP contribution >= 0.6 is 34.4 Å². The summed E-state index contributed by atoms with van der Waals surface area (Å²) >= 11 is 3.25. The average molecular weight is 476 g/mol. The molecule has 2 amide bonds. The number of nitriles is 1. The van der Waals surface area contributed by atoms with Gasteiger partial charge in [-0.25, -0.2) is 9.89 Å². The minimum Gasteiger partial charge on any atom is -0.274 e. The summed E-state index contributed by atoms with van der Waals surface area (Å²) in [6.45, 7) is 0. The van der Waals surface area contributed by atoms with E-state index >= 15 is 0 Å². The van der Waals surface area contributed by atoms with Gasteiger partial charge in [0, 0.05) is 9.99 Å². The number of aliphatic imine (C=N–C) groups is 1. The van der Waals surface area contributed by atoms with Gasteiger partial charge in [0.05, 0.1) is 11.4 Å². The number of imide groups is 1. The smallest absolute Gasteiger partial charge is 0.247 e. The maximum atomic E-state index is 12.7. The summed E-state index contributed by atoms with van der Waals surface area (Å²) in [6.07, 6.45) is 1.89. The summed E-state index contributed by atoms with van der Waals surface area (Å²) < 4.78 is 1.02. The molecule has 0 bridgehead atoms. The Kier molecular flexibility index (Phi) is 5.90. The maximum Gasteiger partial charge on any atom is 0.247 e. The van der Waals surface area contributed by atoms with Gasteiger partial charge < -0.3 is 0 Å². The molecule has 0 radical (unpaired) electrons. The molecule has 1 aliphatic heterocycles. The van der Waals surface area contributed by atoms with Crippen molar-refractivity contribution >= 4 is 62.7 Å². The van der Waals surface area contributed by atoms with Crippen LogP contribution in [-0.4, -0.2) is 22.2 Å². The number of anilines is 1. The van der Waals surface area contributed by atoms with Crippen LogP contribution in [0.25, 0.3) is 0 Å². The summed E-state index contributed by atoms with van der Waals surface area (Å²) in [5, 5.41) is 11.1. The van der Waals surface area contributed by atoms with E-state index in [0.29, 0.717) is 11.4 Å². The first-order valence-electron chi connectivity index (χ1n) is 7.66. The molecule has 1 heterocycles. The van der Waals surface area contributed by atoms with E-state index in [1.165, 1.54) is 4.90 Å². The van der Waals surface area contributed by atoms with Crippen LogP contribution in [0.5, 0.6) is 0 Å². The zero-order chi connectivity index (χ0) is 18.5. The lowest BCUT2D eigenvalue weighted by Crippen LogP contribution is -2.32. The zero-order valence-electron chi connectivity index (χ0n) is 13.4. The number of benzene rings is 2. The Morgan fingerprint density at radius 2 is 1.88 bits per heavy atom. The molecule has 0 spiro atoms. The molecule has 0 saturated carbocycles. The van der Waals surface area contributed by atoms with Crippen molar-refractivity contribution in [2.45, 2.75) is 11.7 Å². The molecule has 1 N–H and O–H groups in total. The van der Waals surface area contributed by atoms with Gasteiger partial charge in [-0.05, 0) is 59.0 Å². The first-order chi connectivity index (χ1) is 12.6. The van der Waals surface area contributed by atoms with Crippen LogP contribution in [0, 0.1) is 15.0 Å². The molecule has 1 fully saturated rings. The molecule has 2 aromatic rings. The van der Waals surface area contributed by atoms with E-state index in [4.69, 9.17) is 5.26 Å². The number of hydrogen-bond donors (Lipinski definition) is 1. The standard InChI is InChI=1S/C18H13IN4O2S/c19-12-6-8-14(9-7-12)23-16(24)10-15(17(23)25)26-18(21-11-20)22-13-4-2-1-3-5-13/h1-9,15H,10H2,(H,21,22). The molecule has 6 nitrogen and oxygen atoms in total. The van der Waals surface area contributed by atoms with E-state index in [1.54, 1.807) is 24.3 Å². The van der Waals surface area contributed by atoms with Crippen molar-refractivity contribution < 1.29 is 9.59 Å². The second-order valence-corrected chi connectivity index (χ2v) is 7.78. The predicted octanol–water partition coefficient (Wildman–Crippen LogP) is 3.41. The highest BCUT2D eigenvalue weighted by atomic mass is 127. The molecular weight excluding hydrogens is 463 g/mol. The highest BCUT2D eigenvalue weighted by molar-refractivity contribution is 14.1. The first kappa shape index (κ1) is 18.4. The van der Waals surface area contributed by atoms with E-state index in [2.05, 4.69) is 32.9 Å². The van der Waals surface area contributed by atoms with Crippen LogP contribution in [0.1, 0.15) is 6.42 Å². The van der Waals surface area contributed by atoms with E-state index < -0.39 is 5.25 Å². The Balaban J connectivity index is 1.80. The second-order valence-electron chi connectivity index (χ2n) is 5.34. The summed E-state index contributed by atoms with van der Waals surface area (Å²) in [5.41, 5.74) is 1.21. The van der Waals surface area contributed by atoms with Gasteiger partial charge in [0.1, 0.15) is 5.25 Å². The number of nitrogens with zero attached hydrogens (tertiary/aromatic N) is 3. The van der Waals surface area contributed by atoms with Crippen LogP contribution in [0.3, 0.4) is 0 Å². The van der Waals surface area contributed by atoms with Gasteiger partial charge in [-0.1, -0.05) is 30.0 Å². The Morgan fingerprint density at radius 3 is 2.54 bits per heavy atom. The number of para-hydroxylation sites is 1. The summed E-state index contributed by atoms with van der Waals surface area (Å²) in [5.74, 6) is -0.563. The molecular formula is C18H13IN4O2S. The van der Waals surface area contributed by atoms with Gasteiger partial charge >= 0.3 is 0 Å². The van der Waals surface area contributed by atoms with Crippen LogP contribution < -0.4 is 10.2 Å². The number of carbonyl (C=O) groups excluding carboxylic acids is 2. The van der Waals surface area contributed by atoms with Crippen molar-refractivity contribution in [3.8, 4) is 6.19 Å². The van der Waals surface area contributed by atoms with Gasteiger partial charge in [0.2, 0.25) is 11.8 Å². The second kappa shape index (κ2) is 8.33. The van der Waals surface area contributed by atoms with Crippen LogP contribution in [0.2, 0.25) is 0 Å². The lowest BCUT2D eigenvalue weighted by atomic mass is 10.3. The molecule has 8 heteroatoms. The van der Waals surface area contributed by atoms with E-state index in [1.807, 2.05) is 36.5 Å². The van der Waals surface area contributed by atoms with Crippen molar-refractivity contribution in [1.29, 1.82) is 5.26 Å². The third-order valence-electron chi connectivity index (χ3n) is 3.59. The fourth-order valence-corrected chi connectivity index (χ4v) is 3.77. The number of hydrogen-bond acceptors (Lipinski definition) is 5. The van der Waals surface area contributed by atoms with Gasteiger partial charge in [0.15, 0.2) is 11.4 Å². The van der Waals surface area contributed by atoms with E-state index in [-0.39, 0.29) is 23.4 Å². The normalized spacial score (nSPS) is 17.3. The highest BCUT2D eigenvalue weighted by Gasteiger charge is 2.40. The Morgan fingerprint density at radius 1 is 1.19 bits per heavy atom. The molecule has 1 unspecified atom stereocenters. The molecule has 1 aliphatic rings. The fourth-order valence-electron chi connectivity index (χ4n) is 2.44. The largest absolute Gasteiger partial charge is 0.274 e. The van der Waals surface area contributed by atoms with Gasteiger partial charge in [0.25, 0.3) is 0 Å².